The molecule has 0 unspecified atom stereocenters. The number of hydrogen-bond donors (Lipinski definition) is 0. The standard InChI is InChI=1S/C34H24O/c1-33(2)27-16-8-9-17-28(27)34(25-14-6-3-11-21(25)22-12-4-7-15-26(22)34)29-20-19-24-23-13-5-10-18-30(23)35-32(24)31(29)33/h3-20H,1-2H3. The lowest BCUT2D eigenvalue weighted by Crippen LogP contribution is -2.40. The Morgan fingerprint density at radius 3 is 1.77 bits per heavy atom. The van der Waals surface area contributed by atoms with Gasteiger partial charge in [-0.25, -0.2) is 0 Å². The summed E-state index contributed by atoms with van der Waals surface area (Å²) in [6.07, 6.45) is 0. The molecule has 0 saturated heterocycles. The quantitative estimate of drug-likeness (QED) is 0.226. The zero-order valence-corrected chi connectivity index (χ0v) is 19.8. The highest BCUT2D eigenvalue weighted by Gasteiger charge is 2.54. The molecule has 0 saturated carbocycles. The molecule has 8 rings (SSSR count). The number of fused-ring (bicyclic) bond motifs is 13. The van der Waals surface area contributed by atoms with E-state index in [2.05, 4.69) is 123 Å². The molecule has 0 bridgehead atoms. The maximum Gasteiger partial charge on any atom is 0.139 e. The molecule has 1 nitrogen and oxygen atoms in total. The minimum atomic E-state index is -0.373. The summed E-state index contributed by atoms with van der Waals surface area (Å²) >= 11 is 0. The fourth-order valence-corrected chi connectivity index (χ4v) is 7.17. The molecule has 0 amide bonds. The van der Waals surface area contributed by atoms with E-state index in [1.54, 1.807) is 0 Å². The molecule has 0 aliphatic heterocycles. The molecular formula is C34H24O. The molecule has 35 heavy (non-hydrogen) atoms. The van der Waals surface area contributed by atoms with Gasteiger partial charge in [0.15, 0.2) is 0 Å². The maximum absolute atomic E-state index is 6.68. The van der Waals surface area contributed by atoms with Gasteiger partial charge in [0.05, 0.1) is 5.41 Å². The highest BCUT2D eigenvalue weighted by molar-refractivity contribution is 6.07. The Morgan fingerprint density at radius 1 is 0.486 bits per heavy atom. The average molecular weight is 449 g/mol. The van der Waals surface area contributed by atoms with Crippen molar-refractivity contribution in [3.8, 4) is 11.1 Å². The SMILES string of the molecule is CC1(C)c2ccccc2C2(c3ccccc3-c3ccccc32)c2ccc3c(oc4ccccc43)c21. The molecule has 0 N–H and O–H groups in total. The van der Waals surface area contributed by atoms with Crippen LogP contribution in [0.2, 0.25) is 0 Å². The van der Waals surface area contributed by atoms with Gasteiger partial charge in [0, 0.05) is 21.8 Å². The van der Waals surface area contributed by atoms with Gasteiger partial charge in [0.2, 0.25) is 0 Å². The van der Waals surface area contributed by atoms with Crippen molar-refractivity contribution in [1.82, 2.24) is 0 Å². The van der Waals surface area contributed by atoms with Crippen molar-refractivity contribution in [1.29, 1.82) is 0 Å². The Balaban J connectivity index is 1.64. The third kappa shape index (κ3) is 2.12. The van der Waals surface area contributed by atoms with Gasteiger partial charge in [-0.2, -0.15) is 0 Å². The van der Waals surface area contributed by atoms with Gasteiger partial charge < -0.3 is 4.42 Å². The second kappa shape index (κ2) is 6.31. The Hall–Kier alpha value is -4.10. The largest absolute Gasteiger partial charge is 0.456 e. The molecule has 166 valence electrons. The van der Waals surface area contributed by atoms with Crippen LogP contribution in [-0.2, 0) is 10.8 Å². The zero-order valence-electron chi connectivity index (χ0n) is 19.8. The molecule has 1 heterocycles. The van der Waals surface area contributed by atoms with Crippen molar-refractivity contribution in [2.24, 2.45) is 0 Å². The zero-order chi connectivity index (χ0) is 23.4. The molecule has 1 heteroatoms. The first-order valence-corrected chi connectivity index (χ1v) is 12.4. The van der Waals surface area contributed by atoms with Crippen LogP contribution in [0.5, 0.6) is 0 Å². The highest BCUT2D eigenvalue weighted by atomic mass is 16.3. The molecule has 2 aliphatic carbocycles. The molecule has 0 radical (unpaired) electrons. The van der Waals surface area contributed by atoms with E-state index >= 15 is 0 Å². The average Bonchev–Trinajstić information content (AvgIpc) is 3.42. The molecule has 0 atom stereocenters. The number of rotatable bonds is 0. The molecule has 5 aromatic carbocycles. The van der Waals surface area contributed by atoms with E-state index in [1.807, 2.05) is 0 Å². The summed E-state index contributed by atoms with van der Waals surface area (Å²) < 4.78 is 6.68. The fourth-order valence-electron chi connectivity index (χ4n) is 7.17. The maximum atomic E-state index is 6.68. The van der Waals surface area contributed by atoms with Crippen molar-refractivity contribution in [2.45, 2.75) is 24.7 Å². The Morgan fingerprint density at radius 2 is 1.06 bits per heavy atom. The summed E-state index contributed by atoms with van der Waals surface area (Å²) in [5.74, 6) is 0. The first kappa shape index (κ1) is 19.2. The smallest absolute Gasteiger partial charge is 0.139 e. The van der Waals surface area contributed by atoms with E-state index in [9.17, 15) is 0 Å². The fraction of sp³-hybridized carbons (Fsp3) is 0.118. The van der Waals surface area contributed by atoms with E-state index in [-0.39, 0.29) is 10.8 Å². The van der Waals surface area contributed by atoms with E-state index < -0.39 is 0 Å². The van der Waals surface area contributed by atoms with Gasteiger partial charge in [0.25, 0.3) is 0 Å². The van der Waals surface area contributed by atoms with E-state index in [0.717, 1.165) is 11.2 Å². The molecule has 0 fully saturated rings. The summed E-state index contributed by atoms with van der Waals surface area (Å²) in [5.41, 5.74) is 12.2. The summed E-state index contributed by atoms with van der Waals surface area (Å²) in [5, 5.41) is 2.38. The van der Waals surface area contributed by atoms with Crippen LogP contribution in [0.25, 0.3) is 33.1 Å². The van der Waals surface area contributed by atoms with Crippen LogP contribution in [-0.4, -0.2) is 0 Å². The lowest BCUT2D eigenvalue weighted by molar-refractivity contribution is 0.551. The molecule has 6 aromatic rings. The van der Waals surface area contributed by atoms with Crippen LogP contribution in [0.15, 0.2) is 114 Å². The van der Waals surface area contributed by atoms with Crippen molar-refractivity contribution >= 4 is 21.9 Å². The minimum absolute atomic E-state index is 0.211. The van der Waals surface area contributed by atoms with Gasteiger partial charge in [-0.05, 0) is 45.0 Å². The van der Waals surface area contributed by atoms with Crippen LogP contribution in [0, 0.1) is 0 Å². The lowest BCUT2D eigenvalue weighted by atomic mass is 9.55. The Labute approximate surface area is 204 Å². The molecule has 1 aromatic heterocycles. The summed E-state index contributed by atoms with van der Waals surface area (Å²) in [7, 11) is 0. The lowest BCUT2D eigenvalue weighted by Gasteiger charge is -2.46. The Kier molecular flexibility index (Phi) is 3.47. The topological polar surface area (TPSA) is 13.1 Å². The monoisotopic (exact) mass is 448 g/mol. The summed E-state index contributed by atoms with van der Waals surface area (Å²) in [6.45, 7) is 4.72. The first-order chi connectivity index (χ1) is 17.1. The Bertz CT molecular complexity index is 1790. The second-order valence-corrected chi connectivity index (χ2v) is 10.5. The third-order valence-corrected chi connectivity index (χ3v) is 8.53. The highest BCUT2D eigenvalue weighted by Crippen LogP contribution is 2.63. The van der Waals surface area contributed by atoms with Crippen molar-refractivity contribution < 1.29 is 4.42 Å². The van der Waals surface area contributed by atoms with Crippen LogP contribution < -0.4 is 0 Å². The second-order valence-electron chi connectivity index (χ2n) is 10.5. The van der Waals surface area contributed by atoms with E-state index in [0.29, 0.717) is 0 Å². The summed E-state index contributed by atoms with van der Waals surface area (Å²) in [4.78, 5) is 0. The van der Waals surface area contributed by atoms with E-state index in [1.165, 1.54) is 55.3 Å². The number of furan rings is 1. The predicted molar refractivity (Wildman–Crippen MR) is 143 cm³/mol. The number of para-hydroxylation sites is 1. The molecular weight excluding hydrogens is 424 g/mol. The van der Waals surface area contributed by atoms with Crippen molar-refractivity contribution in [3.05, 3.63) is 143 Å². The van der Waals surface area contributed by atoms with Gasteiger partial charge in [-0.3, -0.25) is 0 Å². The van der Waals surface area contributed by atoms with Gasteiger partial charge >= 0.3 is 0 Å². The van der Waals surface area contributed by atoms with Gasteiger partial charge in [-0.15, -0.1) is 0 Å². The van der Waals surface area contributed by atoms with Crippen LogP contribution in [0.3, 0.4) is 0 Å². The van der Waals surface area contributed by atoms with Crippen LogP contribution in [0.4, 0.5) is 0 Å². The molecule has 1 spiro atoms. The van der Waals surface area contributed by atoms with E-state index in [4.69, 9.17) is 4.42 Å². The minimum Gasteiger partial charge on any atom is -0.456 e. The summed E-state index contributed by atoms with van der Waals surface area (Å²) in [6, 6.07) is 40.1. The third-order valence-electron chi connectivity index (χ3n) is 8.53. The predicted octanol–water partition coefficient (Wildman–Crippen LogP) is 8.59. The van der Waals surface area contributed by atoms with Gasteiger partial charge in [-0.1, -0.05) is 117 Å². The first-order valence-electron chi connectivity index (χ1n) is 12.4. The van der Waals surface area contributed by atoms with Crippen molar-refractivity contribution in [2.75, 3.05) is 0 Å². The molecule has 2 aliphatic rings. The van der Waals surface area contributed by atoms with Crippen molar-refractivity contribution in [3.63, 3.8) is 0 Å². The number of benzene rings is 5. The number of hydrogen-bond acceptors (Lipinski definition) is 1. The van der Waals surface area contributed by atoms with Crippen LogP contribution >= 0.6 is 0 Å². The van der Waals surface area contributed by atoms with Gasteiger partial charge in [0.1, 0.15) is 11.2 Å². The normalized spacial score (nSPS) is 16.2. The van der Waals surface area contributed by atoms with Crippen LogP contribution in [0.1, 0.15) is 47.2 Å².